The Balaban J connectivity index is 1.95. The van der Waals surface area contributed by atoms with Gasteiger partial charge in [0.2, 0.25) is 10.0 Å². The van der Waals surface area contributed by atoms with Gasteiger partial charge in [0.25, 0.3) is 0 Å². The van der Waals surface area contributed by atoms with E-state index < -0.39 is 10.0 Å². The second-order valence-corrected chi connectivity index (χ2v) is 6.89. The smallest absolute Gasteiger partial charge is 0.243 e. The van der Waals surface area contributed by atoms with Gasteiger partial charge in [0, 0.05) is 18.1 Å². The molecule has 5 heteroatoms. The van der Waals surface area contributed by atoms with E-state index in [1.54, 1.807) is 18.3 Å². The molecule has 0 aliphatic carbocycles. The zero-order chi connectivity index (χ0) is 15.6. The predicted octanol–water partition coefficient (Wildman–Crippen LogP) is 3.02. The Morgan fingerprint density at radius 3 is 2.59 bits per heavy atom. The number of hydrogen-bond donors (Lipinski definition) is 1. The number of nitrogens with one attached hydrogen (secondary N) is 1. The lowest BCUT2D eigenvalue weighted by Crippen LogP contribution is -2.23. The van der Waals surface area contributed by atoms with Crippen molar-refractivity contribution in [2.75, 3.05) is 0 Å². The fourth-order valence-electron chi connectivity index (χ4n) is 2.31. The van der Waals surface area contributed by atoms with Crippen LogP contribution in [0.2, 0.25) is 0 Å². The van der Waals surface area contributed by atoms with Crippen LogP contribution in [0.15, 0.2) is 65.7 Å². The first kappa shape index (κ1) is 14.7. The highest BCUT2D eigenvalue weighted by Crippen LogP contribution is 2.21. The molecule has 112 valence electrons. The lowest BCUT2D eigenvalue weighted by atomic mass is 10.2. The van der Waals surface area contributed by atoms with E-state index in [0.717, 1.165) is 16.5 Å². The molecule has 0 unspecified atom stereocenters. The van der Waals surface area contributed by atoms with E-state index in [9.17, 15) is 8.42 Å². The SMILES string of the molecule is Cc1cnc2c(S(=O)(=O)NCc3ccccc3)cccc2c1. The second kappa shape index (κ2) is 5.87. The number of sulfonamides is 1. The van der Waals surface area contributed by atoms with Gasteiger partial charge in [-0.15, -0.1) is 0 Å². The van der Waals surface area contributed by atoms with E-state index in [0.29, 0.717) is 5.52 Å². The molecule has 0 amide bonds. The standard InChI is InChI=1S/C17H16N2O2S/c1-13-10-15-8-5-9-16(17(15)18-11-13)22(20,21)19-12-14-6-3-2-4-7-14/h2-11,19H,12H2,1H3. The molecule has 4 nitrogen and oxygen atoms in total. The fraction of sp³-hybridized carbons (Fsp3) is 0.118. The summed E-state index contributed by atoms with van der Waals surface area (Å²) in [6, 6.07) is 16.5. The number of pyridine rings is 1. The summed E-state index contributed by atoms with van der Waals surface area (Å²) < 4.78 is 27.7. The van der Waals surface area contributed by atoms with Crippen LogP contribution in [0.25, 0.3) is 10.9 Å². The highest BCUT2D eigenvalue weighted by Gasteiger charge is 2.17. The van der Waals surface area contributed by atoms with E-state index in [-0.39, 0.29) is 11.4 Å². The van der Waals surface area contributed by atoms with E-state index >= 15 is 0 Å². The largest absolute Gasteiger partial charge is 0.255 e. The molecule has 0 atom stereocenters. The molecule has 2 aromatic carbocycles. The summed E-state index contributed by atoms with van der Waals surface area (Å²) in [4.78, 5) is 4.49. The highest BCUT2D eigenvalue weighted by molar-refractivity contribution is 7.89. The minimum absolute atomic E-state index is 0.209. The third-order valence-corrected chi connectivity index (χ3v) is 4.84. The first-order chi connectivity index (χ1) is 10.6. The molecule has 1 heterocycles. The average Bonchev–Trinajstić information content (AvgIpc) is 2.53. The van der Waals surface area contributed by atoms with Crippen molar-refractivity contribution in [3.8, 4) is 0 Å². The van der Waals surface area contributed by atoms with Crippen molar-refractivity contribution in [3.05, 3.63) is 71.9 Å². The van der Waals surface area contributed by atoms with Gasteiger partial charge in [-0.2, -0.15) is 0 Å². The minimum Gasteiger partial charge on any atom is -0.255 e. The molecule has 0 bridgehead atoms. The number of hydrogen-bond acceptors (Lipinski definition) is 3. The lowest BCUT2D eigenvalue weighted by molar-refractivity contribution is 0.582. The molecule has 0 fully saturated rings. The van der Waals surface area contributed by atoms with Crippen molar-refractivity contribution >= 4 is 20.9 Å². The first-order valence-electron chi connectivity index (χ1n) is 6.95. The number of nitrogens with zero attached hydrogens (tertiary/aromatic N) is 1. The summed E-state index contributed by atoms with van der Waals surface area (Å²) in [5, 5.41) is 0.822. The minimum atomic E-state index is -3.61. The Morgan fingerprint density at radius 1 is 1.05 bits per heavy atom. The van der Waals surface area contributed by atoms with Crippen LogP contribution >= 0.6 is 0 Å². The van der Waals surface area contributed by atoms with Gasteiger partial charge in [0.1, 0.15) is 4.90 Å². The molecule has 0 radical (unpaired) electrons. The maximum absolute atomic E-state index is 12.6. The summed E-state index contributed by atoms with van der Waals surface area (Å²) in [6.45, 7) is 2.19. The number of fused-ring (bicyclic) bond motifs is 1. The van der Waals surface area contributed by atoms with Crippen molar-refractivity contribution in [1.29, 1.82) is 0 Å². The van der Waals surface area contributed by atoms with Crippen LogP contribution in [0.4, 0.5) is 0 Å². The fourth-order valence-corrected chi connectivity index (χ4v) is 3.51. The normalized spacial score (nSPS) is 11.7. The van der Waals surface area contributed by atoms with Crippen LogP contribution in [0.5, 0.6) is 0 Å². The zero-order valence-electron chi connectivity index (χ0n) is 12.2. The van der Waals surface area contributed by atoms with Crippen LogP contribution in [0.1, 0.15) is 11.1 Å². The molecule has 0 saturated heterocycles. The Kier molecular flexibility index (Phi) is 3.92. The molecular formula is C17H16N2O2S. The van der Waals surface area contributed by atoms with E-state index in [1.807, 2.05) is 49.4 Å². The van der Waals surface area contributed by atoms with Crippen LogP contribution in [-0.2, 0) is 16.6 Å². The Bertz CT molecular complexity index is 906. The van der Waals surface area contributed by atoms with Crippen LogP contribution in [0.3, 0.4) is 0 Å². The van der Waals surface area contributed by atoms with Gasteiger partial charge in [0.05, 0.1) is 5.52 Å². The molecule has 0 aliphatic heterocycles. The predicted molar refractivity (Wildman–Crippen MR) is 86.9 cm³/mol. The maximum Gasteiger partial charge on any atom is 0.243 e. The van der Waals surface area contributed by atoms with Crippen molar-refractivity contribution in [2.45, 2.75) is 18.4 Å². The molecular weight excluding hydrogens is 296 g/mol. The van der Waals surface area contributed by atoms with Gasteiger partial charge in [-0.3, -0.25) is 4.98 Å². The highest BCUT2D eigenvalue weighted by atomic mass is 32.2. The number of aromatic nitrogens is 1. The Hall–Kier alpha value is -2.24. The van der Waals surface area contributed by atoms with Crippen LogP contribution < -0.4 is 4.72 Å². The molecule has 22 heavy (non-hydrogen) atoms. The maximum atomic E-state index is 12.6. The van der Waals surface area contributed by atoms with Crippen LogP contribution in [0, 0.1) is 6.92 Å². The van der Waals surface area contributed by atoms with Gasteiger partial charge in [-0.05, 0) is 30.2 Å². The number of aryl methyl sites for hydroxylation is 1. The van der Waals surface area contributed by atoms with Crippen molar-refractivity contribution < 1.29 is 8.42 Å². The first-order valence-corrected chi connectivity index (χ1v) is 8.43. The van der Waals surface area contributed by atoms with Gasteiger partial charge >= 0.3 is 0 Å². The average molecular weight is 312 g/mol. The van der Waals surface area contributed by atoms with Gasteiger partial charge in [-0.25, -0.2) is 13.1 Å². The third kappa shape index (κ3) is 3.00. The Labute approximate surface area is 129 Å². The van der Waals surface area contributed by atoms with Gasteiger partial charge in [-0.1, -0.05) is 42.5 Å². The monoisotopic (exact) mass is 312 g/mol. The lowest BCUT2D eigenvalue weighted by Gasteiger charge is -2.09. The van der Waals surface area contributed by atoms with E-state index in [2.05, 4.69) is 9.71 Å². The zero-order valence-corrected chi connectivity index (χ0v) is 13.0. The summed E-state index contributed by atoms with van der Waals surface area (Å²) >= 11 is 0. The van der Waals surface area contributed by atoms with E-state index in [1.165, 1.54) is 0 Å². The molecule has 1 aromatic heterocycles. The number of rotatable bonds is 4. The summed E-state index contributed by atoms with van der Waals surface area (Å²) in [7, 11) is -3.61. The molecule has 3 rings (SSSR count). The third-order valence-electron chi connectivity index (χ3n) is 3.41. The molecule has 3 aromatic rings. The van der Waals surface area contributed by atoms with Crippen LogP contribution in [-0.4, -0.2) is 13.4 Å². The molecule has 0 aliphatic rings. The van der Waals surface area contributed by atoms with E-state index in [4.69, 9.17) is 0 Å². The summed E-state index contributed by atoms with van der Waals surface area (Å²) in [5.74, 6) is 0. The van der Waals surface area contributed by atoms with Gasteiger partial charge in [0.15, 0.2) is 0 Å². The summed E-state index contributed by atoms with van der Waals surface area (Å²) in [6.07, 6.45) is 1.68. The topological polar surface area (TPSA) is 59.1 Å². The van der Waals surface area contributed by atoms with Crippen molar-refractivity contribution in [3.63, 3.8) is 0 Å². The summed E-state index contributed by atoms with van der Waals surface area (Å²) in [5.41, 5.74) is 2.41. The molecule has 1 N–H and O–H groups in total. The molecule has 0 spiro atoms. The van der Waals surface area contributed by atoms with Crippen molar-refractivity contribution in [1.82, 2.24) is 9.71 Å². The van der Waals surface area contributed by atoms with Gasteiger partial charge < -0.3 is 0 Å². The quantitative estimate of drug-likeness (QED) is 0.805. The Morgan fingerprint density at radius 2 is 1.82 bits per heavy atom. The number of benzene rings is 2. The molecule has 0 saturated carbocycles. The van der Waals surface area contributed by atoms with Crippen molar-refractivity contribution in [2.24, 2.45) is 0 Å². The number of para-hydroxylation sites is 1. The second-order valence-electron chi connectivity index (χ2n) is 5.15.